The summed E-state index contributed by atoms with van der Waals surface area (Å²) < 4.78 is 11.0. The second-order valence-corrected chi connectivity index (χ2v) is 7.09. The van der Waals surface area contributed by atoms with Crippen molar-refractivity contribution in [3.8, 4) is 0 Å². The molecule has 0 saturated heterocycles. The van der Waals surface area contributed by atoms with E-state index in [1.807, 2.05) is 20.2 Å². The van der Waals surface area contributed by atoms with Crippen LogP contribution in [0.1, 0.15) is 46.1 Å². The van der Waals surface area contributed by atoms with Gasteiger partial charge < -0.3 is 19.5 Å². The monoisotopic (exact) mass is 283 g/mol. The van der Waals surface area contributed by atoms with Gasteiger partial charge in [-0.1, -0.05) is 5.16 Å². The Balaban J connectivity index is 2.38. The van der Waals surface area contributed by atoms with Gasteiger partial charge in [0.25, 0.3) is 0 Å². The molecule has 0 aliphatic carbocycles. The quantitative estimate of drug-likeness (QED) is 0.833. The van der Waals surface area contributed by atoms with E-state index in [1.54, 1.807) is 0 Å². The number of aromatic nitrogens is 1. The van der Waals surface area contributed by atoms with Crippen molar-refractivity contribution in [2.45, 2.75) is 58.8 Å². The van der Waals surface area contributed by atoms with Crippen LogP contribution in [0.3, 0.4) is 0 Å². The Morgan fingerprint density at radius 2 is 1.90 bits per heavy atom. The van der Waals surface area contributed by atoms with E-state index in [-0.39, 0.29) is 11.1 Å². The molecule has 5 heteroatoms. The third kappa shape index (κ3) is 6.03. The maximum absolute atomic E-state index is 5.71. The lowest BCUT2D eigenvalue weighted by atomic mass is 10.1. The van der Waals surface area contributed by atoms with Gasteiger partial charge in [-0.05, 0) is 48.7 Å². The molecule has 0 aliphatic rings. The highest BCUT2D eigenvalue weighted by atomic mass is 16.5. The summed E-state index contributed by atoms with van der Waals surface area (Å²) in [5.74, 6) is 0.769. The van der Waals surface area contributed by atoms with Crippen LogP contribution in [-0.2, 0) is 17.9 Å². The molecular weight excluding hydrogens is 254 g/mol. The standard InChI is InChI=1S/C15H29N3O2/c1-14(2,3)16-9-12-8-13(20-17-12)10-19-11-15(4,5)18(6)7/h8,16H,9-11H2,1-7H3. The Hall–Kier alpha value is -0.910. The van der Waals surface area contributed by atoms with Gasteiger partial charge in [0.15, 0.2) is 5.76 Å². The maximum atomic E-state index is 5.71. The van der Waals surface area contributed by atoms with Crippen LogP contribution >= 0.6 is 0 Å². The highest BCUT2D eigenvalue weighted by molar-refractivity contribution is 5.04. The molecule has 0 spiro atoms. The van der Waals surface area contributed by atoms with Gasteiger partial charge in [0, 0.05) is 23.7 Å². The lowest BCUT2D eigenvalue weighted by molar-refractivity contribution is 0.0191. The third-order valence-electron chi connectivity index (χ3n) is 3.32. The minimum Gasteiger partial charge on any atom is -0.371 e. The Labute approximate surface area is 122 Å². The van der Waals surface area contributed by atoms with Crippen LogP contribution in [0.2, 0.25) is 0 Å². The van der Waals surface area contributed by atoms with Crippen LogP contribution in [0.25, 0.3) is 0 Å². The first kappa shape index (κ1) is 17.1. The average Bonchev–Trinajstić information content (AvgIpc) is 2.73. The van der Waals surface area contributed by atoms with Crippen molar-refractivity contribution in [3.05, 3.63) is 17.5 Å². The zero-order chi connectivity index (χ0) is 15.4. The zero-order valence-electron chi connectivity index (χ0n) is 13.9. The van der Waals surface area contributed by atoms with Gasteiger partial charge in [0.05, 0.1) is 12.3 Å². The fourth-order valence-electron chi connectivity index (χ4n) is 1.39. The van der Waals surface area contributed by atoms with Gasteiger partial charge in [-0.15, -0.1) is 0 Å². The first-order valence-corrected chi connectivity index (χ1v) is 7.05. The van der Waals surface area contributed by atoms with E-state index >= 15 is 0 Å². The second kappa shape index (κ2) is 6.70. The molecule has 0 fully saturated rings. The minimum absolute atomic E-state index is 0.0106. The predicted molar refractivity (Wildman–Crippen MR) is 80.5 cm³/mol. The highest BCUT2D eigenvalue weighted by Gasteiger charge is 2.20. The van der Waals surface area contributed by atoms with Gasteiger partial charge in [-0.2, -0.15) is 0 Å². The SMILES string of the molecule is CN(C)C(C)(C)COCc1cc(CNC(C)(C)C)no1. The first-order chi connectivity index (χ1) is 9.10. The summed E-state index contributed by atoms with van der Waals surface area (Å²) >= 11 is 0. The predicted octanol–water partition coefficient (Wildman–Crippen LogP) is 2.42. The smallest absolute Gasteiger partial charge is 0.162 e. The van der Waals surface area contributed by atoms with Crippen LogP contribution in [0, 0.1) is 0 Å². The van der Waals surface area contributed by atoms with Crippen molar-refractivity contribution in [1.82, 2.24) is 15.4 Å². The topological polar surface area (TPSA) is 50.5 Å². The molecule has 1 aromatic rings. The summed E-state index contributed by atoms with van der Waals surface area (Å²) in [4.78, 5) is 2.14. The molecule has 0 atom stereocenters. The van der Waals surface area contributed by atoms with Crippen LogP contribution in [0.15, 0.2) is 10.6 Å². The minimum atomic E-state index is 0.0106. The molecule has 0 amide bonds. The lowest BCUT2D eigenvalue weighted by Gasteiger charge is -2.31. The van der Waals surface area contributed by atoms with E-state index < -0.39 is 0 Å². The van der Waals surface area contributed by atoms with Crippen LogP contribution < -0.4 is 5.32 Å². The summed E-state index contributed by atoms with van der Waals surface area (Å²) in [6.07, 6.45) is 0. The number of rotatable bonds is 7. The summed E-state index contributed by atoms with van der Waals surface area (Å²) in [6.45, 7) is 12.5. The number of likely N-dealkylation sites (N-methyl/N-ethyl adjacent to an activating group) is 1. The largest absolute Gasteiger partial charge is 0.371 e. The number of hydrogen-bond acceptors (Lipinski definition) is 5. The van der Waals surface area contributed by atoms with E-state index in [2.05, 4.69) is 50.0 Å². The first-order valence-electron chi connectivity index (χ1n) is 7.05. The molecule has 0 radical (unpaired) electrons. The average molecular weight is 283 g/mol. The Kier molecular flexibility index (Phi) is 5.74. The molecule has 0 aliphatic heterocycles. The highest BCUT2D eigenvalue weighted by Crippen LogP contribution is 2.13. The normalized spacial score (nSPS) is 13.2. The van der Waals surface area contributed by atoms with Crippen molar-refractivity contribution in [1.29, 1.82) is 0 Å². The Bertz CT molecular complexity index is 405. The van der Waals surface area contributed by atoms with Gasteiger partial charge in [0.1, 0.15) is 6.61 Å². The Morgan fingerprint density at radius 1 is 1.25 bits per heavy atom. The Morgan fingerprint density at radius 3 is 2.45 bits per heavy atom. The molecule has 20 heavy (non-hydrogen) atoms. The molecule has 1 heterocycles. The molecule has 1 N–H and O–H groups in total. The van der Waals surface area contributed by atoms with Crippen molar-refractivity contribution in [3.63, 3.8) is 0 Å². The van der Waals surface area contributed by atoms with Crippen molar-refractivity contribution in [2.24, 2.45) is 0 Å². The second-order valence-electron chi connectivity index (χ2n) is 7.09. The molecule has 5 nitrogen and oxygen atoms in total. The zero-order valence-corrected chi connectivity index (χ0v) is 13.9. The summed E-state index contributed by atoms with van der Waals surface area (Å²) in [6, 6.07) is 1.95. The molecular formula is C15H29N3O2. The van der Waals surface area contributed by atoms with Crippen molar-refractivity contribution >= 4 is 0 Å². The third-order valence-corrected chi connectivity index (χ3v) is 3.32. The number of hydrogen-bond donors (Lipinski definition) is 1. The van der Waals surface area contributed by atoms with Crippen LogP contribution in [0.4, 0.5) is 0 Å². The van der Waals surface area contributed by atoms with E-state index in [9.17, 15) is 0 Å². The molecule has 1 rings (SSSR count). The van der Waals surface area contributed by atoms with Crippen LogP contribution in [0.5, 0.6) is 0 Å². The fourth-order valence-corrected chi connectivity index (χ4v) is 1.39. The molecule has 116 valence electrons. The number of nitrogens with one attached hydrogen (secondary N) is 1. The summed E-state index contributed by atoms with van der Waals surface area (Å²) in [5, 5.41) is 7.42. The maximum Gasteiger partial charge on any atom is 0.162 e. The van der Waals surface area contributed by atoms with Crippen molar-refractivity contribution in [2.75, 3.05) is 20.7 Å². The lowest BCUT2D eigenvalue weighted by Crippen LogP contribution is -2.42. The van der Waals surface area contributed by atoms with Crippen LogP contribution in [-0.4, -0.2) is 41.8 Å². The number of ether oxygens (including phenoxy) is 1. The summed E-state index contributed by atoms with van der Waals surface area (Å²) in [7, 11) is 4.10. The molecule has 0 aromatic carbocycles. The fraction of sp³-hybridized carbons (Fsp3) is 0.800. The number of nitrogens with zero attached hydrogens (tertiary/aromatic N) is 2. The molecule has 0 bridgehead atoms. The molecule has 0 unspecified atom stereocenters. The van der Waals surface area contributed by atoms with E-state index in [4.69, 9.17) is 9.26 Å². The van der Waals surface area contributed by atoms with Gasteiger partial charge in [0.2, 0.25) is 0 Å². The molecule has 0 saturated carbocycles. The van der Waals surface area contributed by atoms with E-state index in [1.165, 1.54) is 0 Å². The van der Waals surface area contributed by atoms with Crippen molar-refractivity contribution < 1.29 is 9.26 Å². The van der Waals surface area contributed by atoms with Gasteiger partial charge in [-0.25, -0.2) is 0 Å². The van der Waals surface area contributed by atoms with Gasteiger partial charge >= 0.3 is 0 Å². The van der Waals surface area contributed by atoms with E-state index in [0.717, 1.165) is 11.5 Å². The van der Waals surface area contributed by atoms with Gasteiger partial charge in [-0.3, -0.25) is 0 Å². The molecule has 1 aromatic heterocycles. The van der Waals surface area contributed by atoms with E-state index in [0.29, 0.717) is 19.8 Å². The summed E-state index contributed by atoms with van der Waals surface area (Å²) in [5.41, 5.74) is 0.993.